The van der Waals surface area contributed by atoms with E-state index in [0.29, 0.717) is 12.3 Å². The maximum atomic E-state index is 11.6. The summed E-state index contributed by atoms with van der Waals surface area (Å²) in [6, 6.07) is 2.55. The molecule has 7 heteroatoms. The number of aromatic carboxylic acids is 1. The Morgan fingerprint density at radius 1 is 1.30 bits per heavy atom. The summed E-state index contributed by atoms with van der Waals surface area (Å²) in [7, 11) is 3.88. The summed E-state index contributed by atoms with van der Waals surface area (Å²) in [5.74, 6) is -0.881. The zero-order valence-corrected chi connectivity index (χ0v) is 12.2. The standard InChI is InChI=1S/C13H21N3O4/c1-13(2,16(3)4)8-15-12(19)14-7-9-5-6-10(20-9)11(17)18/h5-6H,7-8H2,1-4H3,(H,17,18)(H2,14,15,19). The Morgan fingerprint density at radius 3 is 2.45 bits per heavy atom. The summed E-state index contributed by atoms with van der Waals surface area (Å²) in [6.07, 6.45) is 0. The van der Waals surface area contributed by atoms with Crippen LogP contribution in [0.4, 0.5) is 4.79 Å². The number of carboxylic acid groups (broad SMARTS) is 1. The van der Waals surface area contributed by atoms with Crippen LogP contribution in [0.5, 0.6) is 0 Å². The Bertz CT molecular complexity index is 480. The molecule has 1 rings (SSSR count). The first-order chi connectivity index (χ1) is 9.22. The Labute approximate surface area is 117 Å². The van der Waals surface area contributed by atoms with E-state index in [1.54, 1.807) is 0 Å². The van der Waals surface area contributed by atoms with Crippen molar-refractivity contribution in [3.63, 3.8) is 0 Å². The molecule has 1 aromatic heterocycles. The van der Waals surface area contributed by atoms with E-state index in [1.807, 2.05) is 32.8 Å². The van der Waals surface area contributed by atoms with Gasteiger partial charge in [-0.05, 0) is 40.1 Å². The predicted octanol–water partition coefficient (Wildman–Crippen LogP) is 1.12. The number of nitrogens with one attached hydrogen (secondary N) is 2. The highest BCUT2D eigenvalue weighted by molar-refractivity contribution is 5.84. The molecule has 0 spiro atoms. The lowest BCUT2D eigenvalue weighted by Gasteiger charge is -2.32. The molecule has 0 fully saturated rings. The third-order valence-corrected chi connectivity index (χ3v) is 3.19. The Hall–Kier alpha value is -2.02. The van der Waals surface area contributed by atoms with Crippen molar-refractivity contribution in [1.29, 1.82) is 0 Å². The maximum absolute atomic E-state index is 11.6. The molecule has 7 nitrogen and oxygen atoms in total. The topological polar surface area (TPSA) is 94.8 Å². The van der Waals surface area contributed by atoms with Crippen molar-refractivity contribution in [2.75, 3.05) is 20.6 Å². The van der Waals surface area contributed by atoms with Crippen molar-refractivity contribution in [2.45, 2.75) is 25.9 Å². The molecule has 0 atom stereocenters. The van der Waals surface area contributed by atoms with Crippen LogP contribution in [0.3, 0.4) is 0 Å². The minimum atomic E-state index is -1.13. The highest BCUT2D eigenvalue weighted by Crippen LogP contribution is 2.08. The van der Waals surface area contributed by atoms with Crippen molar-refractivity contribution in [1.82, 2.24) is 15.5 Å². The van der Waals surface area contributed by atoms with E-state index >= 15 is 0 Å². The highest BCUT2D eigenvalue weighted by atomic mass is 16.4. The molecule has 0 aliphatic heterocycles. The molecule has 0 aliphatic carbocycles. The lowest BCUT2D eigenvalue weighted by Crippen LogP contribution is -2.50. The van der Waals surface area contributed by atoms with Crippen LogP contribution in [0.2, 0.25) is 0 Å². The van der Waals surface area contributed by atoms with Gasteiger partial charge in [0.25, 0.3) is 0 Å². The zero-order valence-electron chi connectivity index (χ0n) is 12.2. The summed E-state index contributed by atoms with van der Waals surface area (Å²) in [4.78, 5) is 24.3. The molecule has 0 aliphatic rings. The summed E-state index contributed by atoms with van der Waals surface area (Å²) in [5, 5.41) is 14.1. The third kappa shape index (κ3) is 4.58. The molecule has 0 saturated heterocycles. The van der Waals surface area contributed by atoms with Gasteiger partial charge in [-0.2, -0.15) is 0 Å². The summed E-state index contributed by atoms with van der Waals surface area (Å²) in [5.41, 5.74) is -0.154. The average Bonchev–Trinajstić information content (AvgIpc) is 2.82. The Balaban J connectivity index is 2.38. The number of carbonyl (C=O) groups excluding carboxylic acids is 1. The lowest BCUT2D eigenvalue weighted by atomic mass is 10.1. The van der Waals surface area contributed by atoms with E-state index in [-0.39, 0.29) is 23.9 Å². The van der Waals surface area contributed by atoms with E-state index in [0.717, 1.165) is 0 Å². The first-order valence-electron chi connectivity index (χ1n) is 6.23. The van der Waals surface area contributed by atoms with E-state index in [9.17, 15) is 9.59 Å². The second-order valence-electron chi connectivity index (χ2n) is 5.31. The number of nitrogens with zero attached hydrogens (tertiary/aromatic N) is 1. The molecule has 0 radical (unpaired) electrons. The number of furan rings is 1. The molecular formula is C13H21N3O4. The van der Waals surface area contributed by atoms with Gasteiger partial charge in [-0.15, -0.1) is 0 Å². The predicted molar refractivity (Wildman–Crippen MR) is 73.7 cm³/mol. The van der Waals surface area contributed by atoms with E-state index in [2.05, 4.69) is 10.6 Å². The minimum absolute atomic E-state index is 0.140. The van der Waals surface area contributed by atoms with Crippen LogP contribution in [-0.2, 0) is 6.54 Å². The SMILES string of the molecule is CN(C)C(C)(C)CNC(=O)NCc1ccc(C(=O)O)o1. The second kappa shape index (κ2) is 6.42. The molecule has 2 amide bonds. The van der Waals surface area contributed by atoms with E-state index < -0.39 is 5.97 Å². The number of hydrogen-bond acceptors (Lipinski definition) is 4. The van der Waals surface area contributed by atoms with Crippen LogP contribution in [0.25, 0.3) is 0 Å². The molecular weight excluding hydrogens is 262 g/mol. The fraction of sp³-hybridized carbons (Fsp3) is 0.538. The number of amides is 2. The molecule has 1 heterocycles. The molecule has 0 aromatic carbocycles. The number of rotatable bonds is 6. The monoisotopic (exact) mass is 283 g/mol. The van der Waals surface area contributed by atoms with Crippen LogP contribution in [0.15, 0.2) is 16.5 Å². The van der Waals surface area contributed by atoms with Crippen LogP contribution >= 0.6 is 0 Å². The van der Waals surface area contributed by atoms with Gasteiger partial charge in [-0.3, -0.25) is 0 Å². The van der Waals surface area contributed by atoms with Gasteiger partial charge in [0.05, 0.1) is 6.54 Å². The molecule has 0 bridgehead atoms. The summed E-state index contributed by atoms with van der Waals surface area (Å²) < 4.78 is 5.03. The quantitative estimate of drug-likeness (QED) is 0.727. The molecule has 112 valence electrons. The summed E-state index contributed by atoms with van der Waals surface area (Å²) in [6.45, 7) is 4.66. The normalized spacial score (nSPS) is 11.4. The van der Waals surface area contributed by atoms with Gasteiger partial charge in [-0.25, -0.2) is 9.59 Å². The van der Waals surface area contributed by atoms with Gasteiger partial charge in [0.1, 0.15) is 5.76 Å². The van der Waals surface area contributed by atoms with Crippen LogP contribution in [-0.4, -0.2) is 48.2 Å². The first-order valence-corrected chi connectivity index (χ1v) is 6.23. The van der Waals surface area contributed by atoms with Gasteiger partial charge in [0.2, 0.25) is 5.76 Å². The fourth-order valence-electron chi connectivity index (χ4n) is 1.27. The van der Waals surface area contributed by atoms with Crippen LogP contribution in [0.1, 0.15) is 30.2 Å². The van der Waals surface area contributed by atoms with Gasteiger partial charge in [-0.1, -0.05) is 0 Å². The molecule has 3 N–H and O–H groups in total. The first kappa shape index (κ1) is 16.0. The van der Waals surface area contributed by atoms with Gasteiger partial charge >= 0.3 is 12.0 Å². The molecule has 0 saturated carbocycles. The van der Waals surface area contributed by atoms with Gasteiger partial charge in [0.15, 0.2) is 0 Å². The zero-order chi connectivity index (χ0) is 15.3. The van der Waals surface area contributed by atoms with Gasteiger partial charge < -0.3 is 25.1 Å². The smallest absolute Gasteiger partial charge is 0.371 e. The van der Waals surface area contributed by atoms with E-state index in [4.69, 9.17) is 9.52 Å². The van der Waals surface area contributed by atoms with Crippen LogP contribution < -0.4 is 10.6 Å². The lowest BCUT2D eigenvalue weighted by molar-refractivity contribution is 0.0660. The number of likely N-dealkylation sites (N-methyl/N-ethyl adjacent to an activating group) is 1. The van der Waals surface area contributed by atoms with Crippen molar-refractivity contribution >= 4 is 12.0 Å². The Kier molecular flexibility index (Phi) is 5.15. The second-order valence-corrected chi connectivity index (χ2v) is 5.31. The van der Waals surface area contributed by atoms with E-state index in [1.165, 1.54) is 12.1 Å². The molecule has 0 unspecified atom stereocenters. The molecule has 20 heavy (non-hydrogen) atoms. The highest BCUT2D eigenvalue weighted by Gasteiger charge is 2.21. The molecule has 1 aromatic rings. The summed E-state index contributed by atoms with van der Waals surface area (Å²) >= 11 is 0. The van der Waals surface area contributed by atoms with Crippen LogP contribution in [0, 0.1) is 0 Å². The Morgan fingerprint density at radius 2 is 1.95 bits per heavy atom. The number of urea groups is 1. The van der Waals surface area contributed by atoms with Gasteiger partial charge in [0, 0.05) is 12.1 Å². The largest absolute Gasteiger partial charge is 0.475 e. The van der Waals surface area contributed by atoms with Crippen molar-refractivity contribution in [3.05, 3.63) is 23.7 Å². The number of carbonyl (C=O) groups is 2. The van der Waals surface area contributed by atoms with Crippen molar-refractivity contribution in [2.24, 2.45) is 0 Å². The fourth-order valence-corrected chi connectivity index (χ4v) is 1.27. The minimum Gasteiger partial charge on any atom is -0.475 e. The average molecular weight is 283 g/mol. The third-order valence-electron chi connectivity index (χ3n) is 3.19. The maximum Gasteiger partial charge on any atom is 0.371 e. The number of hydrogen-bond donors (Lipinski definition) is 3. The van der Waals surface area contributed by atoms with Crippen molar-refractivity contribution in [3.8, 4) is 0 Å². The number of carboxylic acids is 1. The van der Waals surface area contributed by atoms with Crippen molar-refractivity contribution < 1.29 is 19.1 Å².